The number of aromatic nitrogens is 2. The highest BCUT2D eigenvalue weighted by molar-refractivity contribution is 5.91. The third-order valence-corrected chi connectivity index (χ3v) is 3.57. The van der Waals surface area contributed by atoms with Crippen molar-refractivity contribution in [1.82, 2.24) is 9.97 Å². The summed E-state index contributed by atoms with van der Waals surface area (Å²) in [7, 11) is 0. The van der Waals surface area contributed by atoms with Crippen molar-refractivity contribution < 1.29 is 11.0 Å². The summed E-state index contributed by atoms with van der Waals surface area (Å²) in [5.74, 6) is 0.849. The number of rotatable bonds is 2. The highest BCUT2D eigenvalue weighted by Crippen LogP contribution is 2.25. The Labute approximate surface area is 129 Å². The summed E-state index contributed by atoms with van der Waals surface area (Å²) >= 11 is 0. The molecule has 5 N–H and O–H groups in total. The zero-order chi connectivity index (χ0) is 14.1. The molecule has 5 heteroatoms. The van der Waals surface area contributed by atoms with Crippen LogP contribution in [-0.2, 0) is 0 Å². The van der Waals surface area contributed by atoms with Crippen molar-refractivity contribution in [1.29, 1.82) is 0 Å². The van der Waals surface area contributed by atoms with Gasteiger partial charge in [-0.15, -0.1) is 0 Å². The molecule has 0 amide bonds. The summed E-state index contributed by atoms with van der Waals surface area (Å²) < 4.78 is 0. The minimum Gasteiger partial charge on any atom is -0.412 e. The minimum absolute atomic E-state index is 0. The number of anilines is 2. The van der Waals surface area contributed by atoms with Crippen molar-refractivity contribution in [2.24, 2.45) is 0 Å². The molecule has 0 radical (unpaired) electrons. The van der Waals surface area contributed by atoms with E-state index in [0.29, 0.717) is 0 Å². The van der Waals surface area contributed by atoms with E-state index in [2.05, 4.69) is 72.5 Å². The van der Waals surface area contributed by atoms with Crippen LogP contribution < -0.4 is 5.32 Å². The van der Waals surface area contributed by atoms with Crippen LogP contribution in [0.5, 0.6) is 0 Å². The summed E-state index contributed by atoms with van der Waals surface area (Å²) in [6.45, 7) is 6.29. The van der Waals surface area contributed by atoms with Gasteiger partial charge in [-0.2, -0.15) is 0 Å². The molecule has 0 spiro atoms. The lowest BCUT2D eigenvalue weighted by molar-refractivity contribution is 0.823. The third-order valence-electron chi connectivity index (χ3n) is 3.57. The smallest absolute Gasteiger partial charge is 0.141 e. The van der Waals surface area contributed by atoms with Gasteiger partial charge < -0.3 is 16.3 Å². The zero-order valence-corrected chi connectivity index (χ0v) is 12.9. The maximum atomic E-state index is 4.37. The van der Waals surface area contributed by atoms with E-state index in [1.807, 2.05) is 0 Å². The van der Waals surface area contributed by atoms with E-state index in [0.717, 1.165) is 22.4 Å². The lowest BCUT2D eigenvalue weighted by Gasteiger charge is -2.10. The van der Waals surface area contributed by atoms with Crippen molar-refractivity contribution in [3.05, 3.63) is 59.4 Å². The Hall–Kier alpha value is -2.50. The standard InChI is InChI=1S/C17H17N3.2H2O/c1-11-4-6-14(7-5-11)20-17-15-8-12(2)13(3)9-16(15)18-10-19-17;;/h4-10H,1-3H3,(H,18,19,20);2*1H2. The van der Waals surface area contributed by atoms with E-state index in [1.54, 1.807) is 6.33 Å². The van der Waals surface area contributed by atoms with Gasteiger partial charge in [0.15, 0.2) is 0 Å². The summed E-state index contributed by atoms with van der Waals surface area (Å²) in [5, 5.41) is 4.42. The van der Waals surface area contributed by atoms with Gasteiger partial charge in [-0.1, -0.05) is 17.7 Å². The maximum Gasteiger partial charge on any atom is 0.141 e. The Balaban J connectivity index is 0.00000121. The fourth-order valence-electron chi connectivity index (χ4n) is 2.19. The third kappa shape index (κ3) is 3.39. The number of fused-ring (bicyclic) bond motifs is 1. The van der Waals surface area contributed by atoms with Crippen molar-refractivity contribution in [2.45, 2.75) is 20.8 Å². The van der Waals surface area contributed by atoms with Gasteiger partial charge in [0, 0.05) is 11.1 Å². The van der Waals surface area contributed by atoms with Gasteiger partial charge in [-0.3, -0.25) is 0 Å². The Kier molecular flexibility index (Phi) is 5.56. The van der Waals surface area contributed by atoms with E-state index in [9.17, 15) is 0 Å². The maximum absolute atomic E-state index is 4.37. The molecule has 1 aromatic heterocycles. The van der Waals surface area contributed by atoms with E-state index < -0.39 is 0 Å². The summed E-state index contributed by atoms with van der Waals surface area (Å²) in [5.41, 5.74) is 5.75. The molecule has 0 fully saturated rings. The topological polar surface area (TPSA) is 101 Å². The number of nitrogens with one attached hydrogen (secondary N) is 1. The van der Waals surface area contributed by atoms with Gasteiger partial charge in [-0.05, 0) is 56.2 Å². The molecule has 3 aromatic rings. The summed E-state index contributed by atoms with van der Waals surface area (Å²) in [6, 6.07) is 12.5. The van der Waals surface area contributed by atoms with Gasteiger partial charge in [0.05, 0.1) is 5.52 Å². The highest BCUT2D eigenvalue weighted by atomic mass is 16.0. The fourth-order valence-corrected chi connectivity index (χ4v) is 2.19. The number of nitrogens with zero attached hydrogens (tertiary/aromatic N) is 2. The van der Waals surface area contributed by atoms with E-state index >= 15 is 0 Å². The number of hydrogen-bond donors (Lipinski definition) is 1. The normalized spacial score (nSPS) is 9.77. The van der Waals surface area contributed by atoms with Gasteiger partial charge >= 0.3 is 0 Å². The number of hydrogen-bond acceptors (Lipinski definition) is 3. The van der Waals surface area contributed by atoms with Crippen LogP contribution in [0.4, 0.5) is 11.5 Å². The lowest BCUT2D eigenvalue weighted by Crippen LogP contribution is -1.97. The SMILES string of the molecule is Cc1ccc(Nc2ncnc3cc(C)c(C)cc23)cc1.O.O. The van der Waals surface area contributed by atoms with Crippen LogP contribution in [0, 0.1) is 20.8 Å². The second kappa shape index (κ2) is 6.98. The molecule has 1 heterocycles. The molecular formula is C17H21N3O2. The molecule has 5 nitrogen and oxygen atoms in total. The fraction of sp³-hybridized carbons (Fsp3) is 0.176. The van der Waals surface area contributed by atoms with Crippen molar-refractivity contribution in [3.63, 3.8) is 0 Å². The van der Waals surface area contributed by atoms with Crippen molar-refractivity contribution >= 4 is 22.4 Å². The van der Waals surface area contributed by atoms with Crippen LogP contribution in [0.25, 0.3) is 10.9 Å². The van der Waals surface area contributed by atoms with Gasteiger partial charge in [0.1, 0.15) is 12.1 Å². The average molecular weight is 299 g/mol. The molecule has 0 aliphatic carbocycles. The predicted molar refractivity (Wildman–Crippen MR) is 90.7 cm³/mol. The van der Waals surface area contributed by atoms with Gasteiger partial charge in [-0.25, -0.2) is 9.97 Å². The molecule has 2 aromatic carbocycles. The predicted octanol–water partition coefficient (Wildman–Crippen LogP) is 2.65. The molecule has 0 bridgehead atoms. The Morgan fingerprint density at radius 2 is 1.45 bits per heavy atom. The largest absolute Gasteiger partial charge is 0.412 e. The van der Waals surface area contributed by atoms with Gasteiger partial charge in [0.2, 0.25) is 0 Å². The summed E-state index contributed by atoms with van der Waals surface area (Å²) in [6.07, 6.45) is 1.60. The van der Waals surface area contributed by atoms with Crippen molar-refractivity contribution in [2.75, 3.05) is 5.32 Å². The first kappa shape index (κ1) is 17.6. The van der Waals surface area contributed by atoms with E-state index in [-0.39, 0.29) is 11.0 Å². The van der Waals surface area contributed by atoms with E-state index in [4.69, 9.17) is 0 Å². The first-order chi connectivity index (χ1) is 9.63. The molecule has 0 saturated carbocycles. The molecule has 22 heavy (non-hydrogen) atoms. The van der Waals surface area contributed by atoms with Crippen LogP contribution in [0.1, 0.15) is 16.7 Å². The highest BCUT2D eigenvalue weighted by Gasteiger charge is 2.06. The molecule has 0 aliphatic heterocycles. The van der Waals surface area contributed by atoms with Gasteiger partial charge in [0.25, 0.3) is 0 Å². The molecule has 0 aliphatic rings. The lowest BCUT2D eigenvalue weighted by atomic mass is 10.1. The monoisotopic (exact) mass is 299 g/mol. The minimum atomic E-state index is 0. The first-order valence-electron chi connectivity index (χ1n) is 6.69. The zero-order valence-electron chi connectivity index (χ0n) is 12.9. The Morgan fingerprint density at radius 1 is 0.818 bits per heavy atom. The molecule has 3 rings (SSSR count). The average Bonchev–Trinajstić information content (AvgIpc) is 2.43. The molecular weight excluding hydrogens is 278 g/mol. The van der Waals surface area contributed by atoms with Crippen LogP contribution in [0.3, 0.4) is 0 Å². The quantitative estimate of drug-likeness (QED) is 0.787. The molecule has 0 saturated heterocycles. The van der Waals surface area contributed by atoms with Crippen LogP contribution in [0.15, 0.2) is 42.7 Å². The molecule has 116 valence electrons. The second-order valence-electron chi connectivity index (χ2n) is 5.17. The number of benzene rings is 2. The Bertz CT molecular complexity index is 771. The Morgan fingerprint density at radius 3 is 2.14 bits per heavy atom. The summed E-state index contributed by atoms with van der Waals surface area (Å²) in [4.78, 5) is 8.72. The number of aryl methyl sites for hydroxylation is 3. The molecule has 0 unspecified atom stereocenters. The van der Waals surface area contributed by atoms with Crippen molar-refractivity contribution in [3.8, 4) is 0 Å². The second-order valence-corrected chi connectivity index (χ2v) is 5.17. The van der Waals surface area contributed by atoms with E-state index in [1.165, 1.54) is 16.7 Å². The van der Waals surface area contributed by atoms with Crippen LogP contribution in [0.2, 0.25) is 0 Å². The van der Waals surface area contributed by atoms with Crippen LogP contribution in [-0.4, -0.2) is 20.9 Å². The van der Waals surface area contributed by atoms with Crippen LogP contribution >= 0.6 is 0 Å². The molecule has 0 atom stereocenters. The first-order valence-corrected chi connectivity index (χ1v) is 6.69.